The molecule has 2 N–H and O–H groups in total. The van der Waals surface area contributed by atoms with Crippen molar-refractivity contribution in [1.29, 1.82) is 0 Å². The molecule has 3 nitrogen and oxygen atoms in total. The minimum absolute atomic E-state index is 0.00380. The van der Waals surface area contributed by atoms with E-state index in [-0.39, 0.29) is 5.91 Å². The van der Waals surface area contributed by atoms with Gasteiger partial charge in [0, 0.05) is 24.3 Å². The summed E-state index contributed by atoms with van der Waals surface area (Å²) >= 11 is 1.64. The molecule has 1 aliphatic rings. The molecule has 2 aromatic rings. The molecule has 0 saturated carbocycles. The summed E-state index contributed by atoms with van der Waals surface area (Å²) in [7, 11) is 0. The Kier molecular flexibility index (Phi) is 3.02. The highest BCUT2D eigenvalue weighted by molar-refractivity contribution is 7.07. The van der Waals surface area contributed by atoms with Crippen LogP contribution in [-0.2, 0) is 13.0 Å². The second-order valence-corrected chi connectivity index (χ2v) is 5.14. The van der Waals surface area contributed by atoms with E-state index in [0.717, 1.165) is 29.8 Å². The Balaban J connectivity index is 1.69. The molecule has 0 atom stereocenters. The zero-order valence-electron chi connectivity index (χ0n) is 9.90. The van der Waals surface area contributed by atoms with Gasteiger partial charge in [0.2, 0.25) is 0 Å². The number of thiophene rings is 1. The summed E-state index contributed by atoms with van der Waals surface area (Å²) in [5.41, 5.74) is 4.28. The molecule has 0 radical (unpaired) electrons. The van der Waals surface area contributed by atoms with Gasteiger partial charge in [-0.2, -0.15) is 11.3 Å². The summed E-state index contributed by atoms with van der Waals surface area (Å²) in [5.74, 6) is -0.00380. The van der Waals surface area contributed by atoms with Gasteiger partial charge in [-0.15, -0.1) is 0 Å². The highest BCUT2D eigenvalue weighted by Gasteiger charge is 2.13. The first-order chi connectivity index (χ1) is 8.83. The van der Waals surface area contributed by atoms with Crippen molar-refractivity contribution in [2.45, 2.75) is 13.0 Å². The molecule has 0 bridgehead atoms. The van der Waals surface area contributed by atoms with Gasteiger partial charge in [0.25, 0.3) is 5.91 Å². The number of amides is 1. The second-order valence-electron chi connectivity index (χ2n) is 4.36. The van der Waals surface area contributed by atoms with Crippen molar-refractivity contribution in [3.63, 3.8) is 0 Å². The van der Waals surface area contributed by atoms with Crippen LogP contribution < -0.4 is 10.6 Å². The van der Waals surface area contributed by atoms with Crippen molar-refractivity contribution in [3.05, 3.63) is 51.7 Å². The Morgan fingerprint density at radius 2 is 2.33 bits per heavy atom. The van der Waals surface area contributed by atoms with E-state index >= 15 is 0 Å². The number of benzene rings is 1. The molecule has 0 unspecified atom stereocenters. The first kappa shape index (κ1) is 11.3. The van der Waals surface area contributed by atoms with Crippen LogP contribution in [0.4, 0.5) is 5.69 Å². The fraction of sp³-hybridized carbons (Fsp3) is 0.214. The van der Waals surface area contributed by atoms with E-state index in [2.05, 4.69) is 10.6 Å². The molecule has 0 fully saturated rings. The number of anilines is 1. The first-order valence-electron chi connectivity index (χ1n) is 5.99. The van der Waals surface area contributed by atoms with Gasteiger partial charge in [0.15, 0.2) is 0 Å². The smallest absolute Gasteiger partial charge is 0.251 e. The molecule has 3 rings (SSSR count). The van der Waals surface area contributed by atoms with Crippen LogP contribution in [-0.4, -0.2) is 12.5 Å². The molecule has 0 aliphatic carbocycles. The Morgan fingerprint density at radius 3 is 3.17 bits per heavy atom. The van der Waals surface area contributed by atoms with Gasteiger partial charge in [-0.05, 0) is 52.6 Å². The van der Waals surface area contributed by atoms with Crippen LogP contribution in [0, 0.1) is 0 Å². The van der Waals surface area contributed by atoms with E-state index in [1.807, 2.05) is 35.0 Å². The molecule has 92 valence electrons. The molecule has 4 heteroatoms. The van der Waals surface area contributed by atoms with Crippen LogP contribution in [0.3, 0.4) is 0 Å². The molecule has 18 heavy (non-hydrogen) atoms. The lowest BCUT2D eigenvalue weighted by molar-refractivity contribution is 0.0951. The quantitative estimate of drug-likeness (QED) is 0.888. The third kappa shape index (κ3) is 2.24. The number of nitrogens with one attached hydrogen (secondary N) is 2. The number of hydrogen-bond acceptors (Lipinski definition) is 3. The maximum atomic E-state index is 12.0. The molecule has 1 aromatic carbocycles. The maximum Gasteiger partial charge on any atom is 0.251 e. The average Bonchev–Trinajstić information content (AvgIpc) is 3.05. The molecular formula is C14H14N2OS. The molecule has 1 aliphatic heterocycles. The Hall–Kier alpha value is -1.81. The van der Waals surface area contributed by atoms with Crippen LogP contribution in [0.1, 0.15) is 21.5 Å². The highest BCUT2D eigenvalue weighted by Crippen LogP contribution is 2.22. The lowest BCUT2D eigenvalue weighted by Crippen LogP contribution is -2.22. The van der Waals surface area contributed by atoms with Gasteiger partial charge >= 0.3 is 0 Å². The summed E-state index contributed by atoms with van der Waals surface area (Å²) in [4.78, 5) is 12.0. The molecule has 2 heterocycles. The van der Waals surface area contributed by atoms with E-state index in [4.69, 9.17) is 0 Å². The number of carbonyl (C=O) groups excluding carboxylic acids is 1. The number of carbonyl (C=O) groups is 1. The van der Waals surface area contributed by atoms with Crippen molar-refractivity contribution < 1.29 is 4.79 Å². The number of fused-ring (bicyclic) bond motifs is 1. The van der Waals surface area contributed by atoms with Crippen molar-refractivity contribution >= 4 is 22.9 Å². The van der Waals surface area contributed by atoms with Crippen molar-refractivity contribution in [2.24, 2.45) is 0 Å². The zero-order valence-corrected chi connectivity index (χ0v) is 10.7. The van der Waals surface area contributed by atoms with Gasteiger partial charge < -0.3 is 10.6 Å². The predicted octanol–water partition coefficient (Wildman–Crippen LogP) is 2.65. The lowest BCUT2D eigenvalue weighted by atomic mass is 10.1. The molecule has 1 aromatic heterocycles. The van der Waals surface area contributed by atoms with Crippen LogP contribution in [0.2, 0.25) is 0 Å². The molecular weight excluding hydrogens is 244 g/mol. The molecule has 0 spiro atoms. The zero-order chi connectivity index (χ0) is 12.4. The minimum atomic E-state index is -0.00380. The summed E-state index contributed by atoms with van der Waals surface area (Å²) in [6, 6.07) is 7.87. The van der Waals surface area contributed by atoms with Gasteiger partial charge in [-0.25, -0.2) is 0 Å². The normalized spacial score (nSPS) is 12.9. The summed E-state index contributed by atoms with van der Waals surface area (Å²) in [5, 5.41) is 10.3. The van der Waals surface area contributed by atoms with Crippen LogP contribution >= 0.6 is 11.3 Å². The highest BCUT2D eigenvalue weighted by atomic mass is 32.1. The van der Waals surface area contributed by atoms with E-state index in [9.17, 15) is 4.79 Å². The van der Waals surface area contributed by atoms with Crippen molar-refractivity contribution in [3.8, 4) is 0 Å². The van der Waals surface area contributed by atoms with Gasteiger partial charge in [0.05, 0.1) is 0 Å². The summed E-state index contributed by atoms with van der Waals surface area (Å²) < 4.78 is 0. The number of hydrogen-bond donors (Lipinski definition) is 2. The fourth-order valence-electron chi connectivity index (χ4n) is 2.12. The first-order valence-corrected chi connectivity index (χ1v) is 6.93. The molecule has 0 saturated heterocycles. The van der Waals surface area contributed by atoms with Gasteiger partial charge in [-0.1, -0.05) is 0 Å². The van der Waals surface area contributed by atoms with E-state index in [1.165, 1.54) is 5.56 Å². The van der Waals surface area contributed by atoms with E-state index in [0.29, 0.717) is 6.54 Å². The standard InChI is InChI=1S/C14H14N2OS/c17-14(16-8-10-4-6-18-9-10)12-1-2-13-11(7-12)3-5-15-13/h1-2,4,6-7,9,15H,3,5,8H2,(H,16,17). The lowest BCUT2D eigenvalue weighted by Gasteiger charge is -2.06. The van der Waals surface area contributed by atoms with Crippen molar-refractivity contribution in [1.82, 2.24) is 5.32 Å². The van der Waals surface area contributed by atoms with Gasteiger partial charge in [-0.3, -0.25) is 4.79 Å². The van der Waals surface area contributed by atoms with Crippen molar-refractivity contribution in [2.75, 3.05) is 11.9 Å². The largest absolute Gasteiger partial charge is 0.384 e. The maximum absolute atomic E-state index is 12.0. The Bertz CT molecular complexity index is 563. The fourth-order valence-corrected chi connectivity index (χ4v) is 2.79. The minimum Gasteiger partial charge on any atom is -0.384 e. The predicted molar refractivity (Wildman–Crippen MR) is 74.1 cm³/mol. The van der Waals surface area contributed by atoms with Gasteiger partial charge in [0.1, 0.15) is 0 Å². The Morgan fingerprint density at radius 1 is 1.39 bits per heavy atom. The Labute approximate surface area is 110 Å². The SMILES string of the molecule is O=C(NCc1ccsc1)c1ccc2c(c1)CCN2. The van der Waals surface area contributed by atoms with E-state index < -0.39 is 0 Å². The summed E-state index contributed by atoms with van der Waals surface area (Å²) in [6.45, 7) is 1.56. The second kappa shape index (κ2) is 4.82. The number of rotatable bonds is 3. The van der Waals surface area contributed by atoms with Crippen LogP contribution in [0.15, 0.2) is 35.0 Å². The van der Waals surface area contributed by atoms with Crippen LogP contribution in [0.25, 0.3) is 0 Å². The molecule has 1 amide bonds. The third-order valence-corrected chi connectivity index (χ3v) is 3.84. The monoisotopic (exact) mass is 258 g/mol. The third-order valence-electron chi connectivity index (χ3n) is 3.11. The topological polar surface area (TPSA) is 41.1 Å². The van der Waals surface area contributed by atoms with E-state index in [1.54, 1.807) is 11.3 Å². The van der Waals surface area contributed by atoms with Crippen LogP contribution in [0.5, 0.6) is 0 Å². The average molecular weight is 258 g/mol. The summed E-state index contributed by atoms with van der Waals surface area (Å²) in [6.07, 6.45) is 1.00.